The first-order valence-electron chi connectivity index (χ1n) is 5.04. The summed E-state index contributed by atoms with van der Waals surface area (Å²) in [6.07, 6.45) is 0.832. The van der Waals surface area contributed by atoms with E-state index in [1.54, 1.807) is 0 Å². The lowest BCUT2D eigenvalue weighted by Gasteiger charge is -2.11. The van der Waals surface area contributed by atoms with Crippen LogP contribution in [0.3, 0.4) is 0 Å². The molecule has 3 N–H and O–H groups in total. The number of pyridine rings is 1. The lowest BCUT2D eigenvalue weighted by Crippen LogP contribution is -2.35. The van der Waals surface area contributed by atoms with E-state index in [1.807, 2.05) is 0 Å². The fourth-order valence-electron chi connectivity index (χ4n) is 1.60. The highest BCUT2D eigenvalue weighted by Gasteiger charge is 2.42. The van der Waals surface area contributed by atoms with Crippen LogP contribution in [0.2, 0.25) is 0 Å². The number of anilines is 1. The first-order chi connectivity index (χ1) is 7.98. The summed E-state index contributed by atoms with van der Waals surface area (Å²) in [6.45, 7) is -0.515. The molecule has 0 aliphatic carbocycles. The number of rotatable bonds is 2. The van der Waals surface area contributed by atoms with E-state index >= 15 is 0 Å². The van der Waals surface area contributed by atoms with Crippen molar-refractivity contribution in [3.8, 4) is 5.75 Å². The highest BCUT2D eigenvalue weighted by Crippen LogP contribution is 2.26. The molecule has 1 unspecified atom stereocenters. The number of alkyl halides is 2. The number of halogens is 3. The molecule has 1 saturated heterocycles. The molecule has 5 nitrogen and oxygen atoms in total. The lowest BCUT2D eigenvalue weighted by molar-refractivity contribution is -0.118. The molecular weight excluding hydrogens is 268 g/mol. The summed E-state index contributed by atoms with van der Waals surface area (Å²) in [6, 6.07) is 1.87. The molecular formula is C10H12ClF2N3O2. The van der Waals surface area contributed by atoms with Crippen LogP contribution >= 0.6 is 12.4 Å². The number of hydrogen-bond donors (Lipinski definition) is 3. The van der Waals surface area contributed by atoms with Crippen molar-refractivity contribution >= 4 is 24.1 Å². The molecule has 18 heavy (non-hydrogen) atoms. The maximum Gasteiger partial charge on any atom is 0.262 e. The van der Waals surface area contributed by atoms with Gasteiger partial charge in [0.2, 0.25) is 5.91 Å². The van der Waals surface area contributed by atoms with Gasteiger partial charge < -0.3 is 10.4 Å². The van der Waals surface area contributed by atoms with Gasteiger partial charge in [-0.2, -0.15) is 0 Å². The van der Waals surface area contributed by atoms with E-state index in [9.17, 15) is 18.7 Å². The van der Waals surface area contributed by atoms with Gasteiger partial charge in [0.05, 0.1) is 12.6 Å². The van der Waals surface area contributed by atoms with Crippen LogP contribution in [0.5, 0.6) is 5.75 Å². The van der Waals surface area contributed by atoms with Gasteiger partial charge in [-0.3, -0.25) is 10.1 Å². The third kappa shape index (κ3) is 3.27. The van der Waals surface area contributed by atoms with Crippen LogP contribution in [-0.2, 0) is 4.79 Å². The van der Waals surface area contributed by atoms with Crippen LogP contribution < -0.4 is 10.6 Å². The van der Waals surface area contributed by atoms with E-state index in [-0.39, 0.29) is 24.0 Å². The summed E-state index contributed by atoms with van der Waals surface area (Å²) < 4.78 is 25.7. The zero-order valence-corrected chi connectivity index (χ0v) is 10.0. The zero-order valence-electron chi connectivity index (χ0n) is 9.19. The van der Waals surface area contributed by atoms with Gasteiger partial charge in [0, 0.05) is 12.6 Å². The highest BCUT2D eigenvalue weighted by molar-refractivity contribution is 5.95. The van der Waals surface area contributed by atoms with Crippen molar-refractivity contribution in [3.05, 3.63) is 18.3 Å². The fourth-order valence-corrected chi connectivity index (χ4v) is 1.60. The third-order valence-corrected chi connectivity index (χ3v) is 2.45. The second-order valence-corrected chi connectivity index (χ2v) is 3.85. The van der Waals surface area contributed by atoms with E-state index in [1.165, 1.54) is 18.3 Å². The minimum atomic E-state index is -2.87. The zero-order chi connectivity index (χ0) is 12.5. The predicted molar refractivity (Wildman–Crippen MR) is 63.1 cm³/mol. The molecule has 1 aliphatic rings. The van der Waals surface area contributed by atoms with Crippen molar-refractivity contribution in [2.24, 2.45) is 0 Å². The molecule has 1 amide bonds. The van der Waals surface area contributed by atoms with E-state index in [0.29, 0.717) is 0 Å². The average Bonchev–Trinajstić information content (AvgIpc) is 2.62. The van der Waals surface area contributed by atoms with Crippen LogP contribution in [0.15, 0.2) is 18.3 Å². The topological polar surface area (TPSA) is 74.2 Å². The number of carbonyl (C=O) groups is 1. The van der Waals surface area contributed by atoms with E-state index in [4.69, 9.17) is 0 Å². The molecule has 0 spiro atoms. The molecule has 0 aromatic carbocycles. The Morgan fingerprint density at radius 1 is 1.61 bits per heavy atom. The monoisotopic (exact) mass is 279 g/mol. The molecule has 1 aromatic rings. The van der Waals surface area contributed by atoms with Gasteiger partial charge in [-0.05, 0) is 12.1 Å². The van der Waals surface area contributed by atoms with Crippen LogP contribution in [-0.4, -0.2) is 34.5 Å². The molecule has 0 radical (unpaired) electrons. The molecule has 2 rings (SSSR count). The molecule has 0 bridgehead atoms. The molecule has 1 atom stereocenters. The maximum absolute atomic E-state index is 12.9. The van der Waals surface area contributed by atoms with Gasteiger partial charge in [-0.25, -0.2) is 13.8 Å². The fraction of sp³-hybridized carbons (Fsp3) is 0.400. The number of aromatic nitrogens is 1. The van der Waals surface area contributed by atoms with Crippen LogP contribution in [0.4, 0.5) is 14.6 Å². The van der Waals surface area contributed by atoms with E-state index < -0.39 is 30.8 Å². The van der Waals surface area contributed by atoms with E-state index in [2.05, 4.69) is 15.6 Å². The summed E-state index contributed by atoms with van der Waals surface area (Å²) in [5.74, 6) is -3.73. The van der Waals surface area contributed by atoms with Gasteiger partial charge in [-0.15, -0.1) is 12.4 Å². The minimum absolute atomic E-state index is 0. The Balaban J connectivity index is 0.00000162. The predicted octanol–water partition coefficient (Wildman–Crippen LogP) is 1.14. The first kappa shape index (κ1) is 14.6. The Morgan fingerprint density at radius 3 is 2.89 bits per heavy atom. The summed E-state index contributed by atoms with van der Waals surface area (Å²) in [5, 5.41) is 14.1. The summed E-state index contributed by atoms with van der Waals surface area (Å²) in [7, 11) is 0. The number of hydrogen-bond acceptors (Lipinski definition) is 4. The molecule has 1 aliphatic heterocycles. The van der Waals surface area contributed by atoms with Gasteiger partial charge in [-0.1, -0.05) is 0 Å². The number of nitrogens with one attached hydrogen (secondary N) is 2. The Labute approximate surface area is 108 Å². The second kappa shape index (κ2) is 5.45. The summed E-state index contributed by atoms with van der Waals surface area (Å²) in [4.78, 5) is 15.3. The number of aromatic hydroxyl groups is 1. The van der Waals surface area contributed by atoms with Crippen molar-refractivity contribution in [2.45, 2.75) is 18.4 Å². The first-order valence-corrected chi connectivity index (χ1v) is 5.04. The molecule has 1 aromatic heterocycles. The van der Waals surface area contributed by atoms with Crippen LogP contribution in [0.1, 0.15) is 6.42 Å². The van der Waals surface area contributed by atoms with E-state index in [0.717, 1.165) is 0 Å². The van der Waals surface area contributed by atoms with Gasteiger partial charge in [0.15, 0.2) is 11.6 Å². The molecule has 0 saturated carbocycles. The quantitative estimate of drug-likeness (QED) is 0.759. The van der Waals surface area contributed by atoms with Crippen molar-refractivity contribution in [1.29, 1.82) is 0 Å². The Hall–Kier alpha value is -1.47. The minimum Gasteiger partial charge on any atom is -0.504 e. The maximum atomic E-state index is 12.9. The van der Waals surface area contributed by atoms with Gasteiger partial charge in [0.1, 0.15) is 0 Å². The third-order valence-electron chi connectivity index (χ3n) is 2.45. The SMILES string of the molecule is Cl.O=C(Nc1ncccc1O)C1CC(F)(F)CN1. The average molecular weight is 280 g/mol. The Morgan fingerprint density at radius 2 is 2.33 bits per heavy atom. The largest absolute Gasteiger partial charge is 0.504 e. The number of carbonyl (C=O) groups excluding carboxylic acids is 1. The van der Waals surface area contributed by atoms with Gasteiger partial charge >= 0.3 is 0 Å². The Bertz CT molecular complexity index is 445. The van der Waals surface area contributed by atoms with Crippen LogP contribution in [0, 0.1) is 0 Å². The summed E-state index contributed by atoms with van der Waals surface area (Å²) in [5.41, 5.74) is 0. The van der Waals surface area contributed by atoms with Crippen molar-refractivity contribution in [3.63, 3.8) is 0 Å². The normalized spacial score (nSPS) is 21.1. The smallest absolute Gasteiger partial charge is 0.262 e. The molecule has 1 fully saturated rings. The lowest BCUT2D eigenvalue weighted by atomic mass is 10.2. The summed E-state index contributed by atoms with van der Waals surface area (Å²) >= 11 is 0. The van der Waals surface area contributed by atoms with Gasteiger partial charge in [0.25, 0.3) is 5.92 Å². The highest BCUT2D eigenvalue weighted by atomic mass is 35.5. The molecule has 8 heteroatoms. The number of nitrogens with zero attached hydrogens (tertiary/aromatic N) is 1. The van der Waals surface area contributed by atoms with Crippen molar-refractivity contribution in [1.82, 2.24) is 10.3 Å². The van der Waals surface area contributed by atoms with Crippen LogP contribution in [0.25, 0.3) is 0 Å². The standard InChI is InChI=1S/C10H11F2N3O2.ClH/c11-10(12)4-6(14-5-10)9(17)15-8-7(16)2-1-3-13-8;/h1-3,6,14,16H,4-5H2,(H,13,15,17);1H. The van der Waals surface area contributed by atoms with Crippen molar-refractivity contribution < 1.29 is 18.7 Å². The Kier molecular flexibility index (Phi) is 4.42. The van der Waals surface area contributed by atoms with Crippen molar-refractivity contribution in [2.75, 3.05) is 11.9 Å². The number of amides is 1. The molecule has 100 valence electrons. The molecule has 2 heterocycles. The second-order valence-electron chi connectivity index (χ2n) is 3.85.